The molecule has 0 amide bonds. The second-order valence-corrected chi connectivity index (χ2v) is 13.4. The van der Waals surface area contributed by atoms with Gasteiger partial charge in [-0.2, -0.15) is 0 Å². The fourth-order valence-corrected chi connectivity index (χ4v) is 6.43. The fraction of sp³-hybridized carbons (Fsp3) is 0.867. The summed E-state index contributed by atoms with van der Waals surface area (Å²) in [5.41, 5.74) is -1.26. The summed E-state index contributed by atoms with van der Waals surface area (Å²) in [4.78, 5) is 51.4. The maximum atomic E-state index is 12.4. The Hall–Kier alpha value is -2.68. The Morgan fingerprint density at radius 1 is 0.885 bits per heavy atom. The molecule has 0 aliphatic carbocycles. The molecule has 13 N–H and O–H groups in total. The van der Waals surface area contributed by atoms with Crippen molar-refractivity contribution in [1.82, 2.24) is 20.0 Å². The van der Waals surface area contributed by atoms with Gasteiger partial charge in [-0.15, -0.1) is 0 Å². The van der Waals surface area contributed by atoms with Crippen molar-refractivity contribution in [3.8, 4) is 0 Å². The van der Waals surface area contributed by atoms with Crippen molar-refractivity contribution in [3.05, 3.63) is 0 Å². The lowest BCUT2D eigenvalue weighted by atomic mass is 9.96. The highest BCUT2D eigenvalue weighted by atomic mass is 16.7. The number of aliphatic carboxylic acids is 4. The molecule has 2 fully saturated rings. The van der Waals surface area contributed by atoms with Gasteiger partial charge in [0.25, 0.3) is 0 Å². The number of aliphatic hydroxyl groups is 8. The van der Waals surface area contributed by atoms with Gasteiger partial charge >= 0.3 is 23.9 Å². The van der Waals surface area contributed by atoms with Gasteiger partial charge in [0.1, 0.15) is 48.8 Å². The Kier molecular flexibility index (Phi) is 18.6. The van der Waals surface area contributed by atoms with Gasteiger partial charge in [0.2, 0.25) is 0 Å². The summed E-state index contributed by atoms with van der Waals surface area (Å²) in [6, 6.07) is -1.10. The van der Waals surface area contributed by atoms with Gasteiger partial charge < -0.3 is 76.1 Å². The van der Waals surface area contributed by atoms with Crippen LogP contribution in [0.5, 0.6) is 0 Å². The van der Waals surface area contributed by atoms with E-state index >= 15 is 0 Å². The zero-order chi connectivity index (χ0) is 39.3. The van der Waals surface area contributed by atoms with E-state index in [1.54, 1.807) is 11.8 Å². The second kappa shape index (κ2) is 21.3. The van der Waals surface area contributed by atoms with Crippen molar-refractivity contribution >= 4 is 23.9 Å². The predicted octanol–water partition coefficient (Wildman–Crippen LogP) is -6.61. The maximum absolute atomic E-state index is 12.4. The first-order chi connectivity index (χ1) is 24.3. The number of carbonyl (C=O) groups is 4. The first-order valence-electron chi connectivity index (χ1n) is 16.8. The van der Waals surface area contributed by atoms with Gasteiger partial charge in [0, 0.05) is 38.3 Å². The monoisotopic (exact) mass is 758 g/mol. The Labute approximate surface area is 299 Å². The van der Waals surface area contributed by atoms with E-state index in [4.69, 9.17) is 9.47 Å². The first-order valence-corrected chi connectivity index (χ1v) is 16.8. The highest BCUT2D eigenvalue weighted by Gasteiger charge is 2.47. The van der Waals surface area contributed by atoms with E-state index in [0.29, 0.717) is 12.8 Å². The number of nitrogens with one attached hydrogen (secondary N) is 1. The van der Waals surface area contributed by atoms with Crippen LogP contribution in [0.25, 0.3) is 0 Å². The number of carboxylic acid groups (broad SMARTS) is 4. The SMILES string of the molecule is CC1(N(CC(=O)O)CC(=O)O)CN(CC(=O)O)CCN(C(CCCCNCC(O)C(O)C(O[C@@H]2O[C@H](CO)[C@H](O)[C@H](O)[C@H]2O)C(O)CO)C(=O)O)C1. The largest absolute Gasteiger partial charge is 0.480 e. The van der Waals surface area contributed by atoms with Gasteiger partial charge in [-0.05, 0) is 26.3 Å². The molecule has 22 nitrogen and oxygen atoms in total. The van der Waals surface area contributed by atoms with Crippen LogP contribution in [0, 0.1) is 0 Å². The van der Waals surface area contributed by atoms with Crippen LogP contribution in [0.15, 0.2) is 0 Å². The lowest BCUT2D eigenvalue weighted by Gasteiger charge is -2.43. The number of unbranched alkanes of at least 4 members (excludes halogenated alkanes) is 1. The van der Waals surface area contributed by atoms with Crippen molar-refractivity contribution in [1.29, 1.82) is 0 Å². The number of aliphatic hydroxyl groups excluding tert-OH is 8. The first kappa shape index (κ1) is 45.5. The Morgan fingerprint density at radius 2 is 1.52 bits per heavy atom. The Balaban J connectivity index is 2.02. The van der Waals surface area contributed by atoms with Crippen LogP contribution in [-0.2, 0) is 28.7 Å². The van der Waals surface area contributed by atoms with Gasteiger partial charge in [-0.25, -0.2) is 0 Å². The summed E-state index contributed by atoms with van der Waals surface area (Å²) in [6.07, 6.45) is -14.9. The van der Waals surface area contributed by atoms with Crippen LogP contribution in [0.2, 0.25) is 0 Å². The summed E-state index contributed by atoms with van der Waals surface area (Å²) in [7, 11) is 0. The summed E-state index contributed by atoms with van der Waals surface area (Å²) < 4.78 is 10.6. The zero-order valence-electron chi connectivity index (χ0n) is 28.8. The smallest absolute Gasteiger partial charge is 0.320 e. The van der Waals surface area contributed by atoms with Crippen molar-refractivity contribution in [2.75, 3.05) is 72.1 Å². The van der Waals surface area contributed by atoms with Crippen LogP contribution in [-0.4, -0.2) is 239 Å². The molecule has 302 valence electrons. The molecule has 2 aliphatic rings. The average Bonchev–Trinajstić information content (AvgIpc) is 3.23. The number of hydrogen-bond acceptors (Lipinski definition) is 18. The molecule has 2 aliphatic heterocycles. The second-order valence-electron chi connectivity index (χ2n) is 13.4. The van der Waals surface area contributed by atoms with Crippen LogP contribution in [0.4, 0.5) is 0 Å². The van der Waals surface area contributed by atoms with Gasteiger partial charge in [0.15, 0.2) is 6.29 Å². The highest BCUT2D eigenvalue weighted by molar-refractivity contribution is 5.74. The van der Waals surface area contributed by atoms with E-state index in [2.05, 4.69) is 5.32 Å². The molecular formula is C30H54N4O18. The lowest BCUT2D eigenvalue weighted by Crippen LogP contribution is -2.61. The van der Waals surface area contributed by atoms with Gasteiger partial charge in [0.05, 0.1) is 39.0 Å². The third-order valence-electron chi connectivity index (χ3n) is 9.18. The normalized spacial score (nSPS) is 29.2. The van der Waals surface area contributed by atoms with Crippen LogP contribution >= 0.6 is 0 Å². The molecule has 0 saturated carbocycles. The summed E-state index contributed by atoms with van der Waals surface area (Å²) >= 11 is 0. The summed E-state index contributed by atoms with van der Waals surface area (Å²) in [5.74, 6) is -4.99. The van der Waals surface area contributed by atoms with E-state index in [-0.39, 0.29) is 45.7 Å². The van der Waals surface area contributed by atoms with Crippen LogP contribution in [0.1, 0.15) is 26.2 Å². The molecule has 6 unspecified atom stereocenters. The van der Waals surface area contributed by atoms with E-state index in [1.165, 1.54) is 9.80 Å². The van der Waals surface area contributed by atoms with E-state index in [9.17, 15) is 80.5 Å². The van der Waals surface area contributed by atoms with Crippen molar-refractivity contribution < 1.29 is 89.9 Å². The third kappa shape index (κ3) is 13.3. The third-order valence-corrected chi connectivity index (χ3v) is 9.18. The molecular weight excluding hydrogens is 704 g/mol. The van der Waals surface area contributed by atoms with Crippen molar-refractivity contribution in [2.45, 2.75) is 92.9 Å². The van der Waals surface area contributed by atoms with E-state index in [0.717, 1.165) is 0 Å². The highest BCUT2D eigenvalue weighted by Crippen LogP contribution is 2.26. The van der Waals surface area contributed by atoms with E-state index in [1.807, 2.05) is 0 Å². The minimum absolute atomic E-state index is 0.0372. The molecule has 0 spiro atoms. The molecule has 2 saturated heterocycles. The number of nitrogens with zero attached hydrogens (tertiary/aromatic N) is 3. The average molecular weight is 759 g/mol. The summed E-state index contributed by atoms with van der Waals surface area (Å²) in [6.45, 7) is -1.93. The standard InChI is InChI=1S/C30H54N4O18/c1-30(34(10-21(41)42)11-22(43)44)14-32(9-20(39)40)6-7-33(15-30)16(28(49)50)4-2-3-5-31-8-17(37)23(45)27(18(38)12-35)52-29-26(48)25(47)24(46)19(13-36)51-29/h16-19,23-27,29,31,35-38,45-48H,2-15H2,1H3,(H,39,40)(H,41,42)(H,43,44)(H,49,50)/t16?,17?,18?,19-,23?,24+,25+,26-,27?,29+,30?/m1/s1. The molecule has 2 heterocycles. The van der Waals surface area contributed by atoms with Crippen LogP contribution < -0.4 is 5.32 Å². The lowest BCUT2D eigenvalue weighted by molar-refractivity contribution is -0.327. The van der Waals surface area contributed by atoms with Gasteiger partial charge in [-0.1, -0.05) is 6.42 Å². The van der Waals surface area contributed by atoms with E-state index < -0.39 is 123 Å². The minimum atomic E-state index is -1.89. The fourth-order valence-electron chi connectivity index (χ4n) is 6.43. The van der Waals surface area contributed by atoms with Crippen molar-refractivity contribution in [2.24, 2.45) is 0 Å². The molecule has 11 atom stereocenters. The number of ether oxygens (including phenoxy) is 2. The van der Waals surface area contributed by atoms with Gasteiger partial charge in [-0.3, -0.25) is 33.9 Å². The number of hydrogen-bond donors (Lipinski definition) is 13. The molecule has 0 aromatic carbocycles. The molecule has 0 aromatic rings. The molecule has 0 aromatic heterocycles. The summed E-state index contributed by atoms with van der Waals surface area (Å²) in [5, 5.41) is 122. The minimum Gasteiger partial charge on any atom is -0.480 e. The zero-order valence-corrected chi connectivity index (χ0v) is 28.8. The molecule has 52 heavy (non-hydrogen) atoms. The Bertz CT molecular complexity index is 1140. The molecule has 22 heteroatoms. The van der Waals surface area contributed by atoms with Crippen LogP contribution in [0.3, 0.4) is 0 Å². The number of carboxylic acids is 4. The molecule has 0 radical (unpaired) electrons. The molecule has 0 bridgehead atoms. The molecule has 2 rings (SSSR count). The maximum Gasteiger partial charge on any atom is 0.320 e. The quantitative estimate of drug-likeness (QED) is 0.0431. The predicted molar refractivity (Wildman–Crippen MR) is 173 cm³/mol. The number of rotatable bonds is 23. The topological polar surface area (TPSA) is 351 Å². The van der Waals surface area contributed by atoms with Crippen molar-refractivity contribution in [3.63, 3.8) is 0 Å². The Morgan fingerprint density at radius 3 is 2.06 bits per heavy atom.